The van der Waals surface area contributed by atoms with E-state index in [4.69, 9.17) is 9.47 Å². The molecular formula is C15H31NO2. The molecule has 0 aliphatic carbocycles. The van der Waals surface area contributed by atoms with Crippen molar-refractivity contribution in [3.8, 4) is 0 Å². The standard InChI is InChI=1S/C15H31NO2/c1-14(2)15(3,4)6-5-10-17-11-7-16-8-12-18-13-9-16/h14H,5-13H2,1-4H3. The highest BCUT2D eigenvalue weighted by Crippen LogP contribution is 2.31. The second-order valence-electron chi connectivity index (χ2n) is 6.31. The second kappa shape index (κ2) is 8.13. The third kappa shape index (κ3) is 6.17. The maximum atomic E-state index is 5.73. The van der Waals surface area contributed by atoms with Crippen LogP contribution < -0.4 is 0 Å². The van der Waals surface area contributed by atoms with Gasteiger partial charge in [0, 0.05) is 26.2 Å². The summed E-state index contributed by atoms with van der Waals surface area (Å²) in [6.07, 6.45) is 2.43. The number of nitrogens with zero attached hydrogens (tertiary/aromatic N) is 1. The van der Waals surface area contributed by atoms with Crippen molar-refractivity contribution >= 4 is 0 Å². The zero-order valence-corrected chi connectivity index (χ0v) is 12.7. The Morgan fingerprint density at radius 2 is 1.83 bits per heavy atom. The van der Waals surface area contributed by atoms with Gasteiger partial charge in [0.2, 0.25) is 0 Å². The smallest absolute Gasteiger partial charge is 0.0594 e. The second-order valence-corrected chi connectivity index (χ2v) is 6.31. The largest absolute Gasteiger partial charge is 0.380 e. The average Bonchev–Trinajstić information content (AvgIpc) is 2.34. The van der Waals surface area contributed by atoms with Gasteiger partial charge in [-0.15, -0.1) is 0 Å². The van der Waals surface area contributed by atoms with E-state index in [0.717, 1.165) is 52.0 Å². The van der Waals surface area contributed by atoms with Crippen LogP contribution in [-0.2, 0) is 9.47 Å². The first-order valence-corrected chi connectivity index (χ1v) is 7.40. The van der Waals surface area contributed by atoms with Crippen molar-refractivity contribution in [3.63, 3.8) is 0 Å². The van der Waals surface area contributed by atoms with Crippen molar-refractivity contribution < 1.29 is 9.47 Å². The Bertz CT molecular complexity index is 211. The summed E-state index contributed by atoms with van der Waals surface area (Å²) in [5.74, 6) is 0.742. The molecule has 1 aliphatic heterocycles. The van der Waals surface area contributed by atoms with Crippen molar-refractivity contribution in [1.29, 1.82) is 0 Å². The summed E-state index contributed by atoms with van der Waals surface area (Å²) in [5.41, 5.74) is 0.438. The zero-order chi connectivity index (χ0) is 13.4. The van der Waals surface area contributed by atoms with Crippen LogP contribution in [0.15, 0.2) is 0 Å². The number of rotatable bonds is 8. The summed E-state index contributed by atoms with van der Waals surface area (Å²) in [5, 5.41) is 0. The molecule has 0 aromatic carbocycles. The fraction of sp³-hybridized carbons (Fsp3) is 1.00. The van der Waals surface area contributed by atoms with E-state index in [1.807, 2.05) is 0 Å². The molecule has 1 rings (SSSR count). The molecule has 1 aliphatic rings. The fourth-order valence-corrected chi connectivity index (χ4v) is 2.04. The lowest BCUT2D eigenvalue weighted by atomic mass is 9.77. The van der Waals surface area contributed by atoms with E-state index < -0.39 is 0 Å². The molecule has 0 amide bonds. The van der Waals surface area contributed by atoms with Crippen LogP contribution in [0.4, 0.5) is 0 Å². The van der Waals surface area contributed by atoms with Gasteiger partial charge in [0.25, 0.3) is 0 Å². The Morgan fingerprint density at radius 1 is 1.17 bits per heavy atom. The first-order valence-electron chi connectivity index (χ1n) is 7.40. The summed E-state index contributed by atoms with van der Waals surface area (Å²) in [7, 11) is 0. The molecule has 3 heteroatoms. The van der Waals surface area contributed by atoms with Gasteiger partial charge >= 0.3 is 0 Å². The van der Waals surface area contributed by atoms with Gasteiger partial charge in [-0.2, -0.15) is 0 Å². The molecule has 0 atom stereocenters. The highest BCUT2D eigenvalue weighted by molar-refractivity contribution is 4.71. The van der Waals surface area contributed by atoms with E-state index in [9.17, 15) is 0 Å². The predicted molar refractivity (Wildman–Crippen MR) is 75.9 cm³/mol. The molecule has 0 aromatic heterocycles. The van der Waals surface area contributed by atoms with Crippen molar-refractivity contribution in [2.45, 2.75) is 40.5 Å². The number of hydrogen-bond acceptors (Lipinski definition) is 3. The van der Waals surface area contributed by atoms with Crippen molar-refractivity contribution in [2.75, 3.05) is 46.1 Å². The Morgan fingerprint density at radius 3 is 2.44 bits per heavy atom. The Kier molecular flexibility index (Phi) is 7.20. The Labute approximate surface area is 113 Å². The van der Waals surface area contributed by atoms with Crippen LogP contribution >= 0.6 is 0 Å². The molecule has 0 unspecified atom stereocenters. The lowest BCUT2D eigenvalue weighted by Gasteiger charge is -2.29. The van der Waals surface area contributed by atoms with Crippen molar-refractivity contribution in [2.24, 2.45) is 11.3 Å². The van der Waals surface area contributed by atoms with Gasteiger partial charge in [-0.3, -0.25) is 4.90 Å². The summed E-state index contributed by atoms with van der Waals surface area (Å²) in [6.45, 7) is 16.0. The van der Waals surface area contributed by atoms with E-state index in [-0.39, 0.29) is 0 Å². The maximum absolute atomic E-state index is 5.73. The van der Waals surface area contributed by atoms with Crippen LogP contribution in [0.25, 0.3) is 0 Å². The fourth-order valence-electron chi connectivity index (χ4n) is 2.04. The highest BCUT2D eigenvalue weighted by Gasteiger charge is 2.21. The van der Waals surface area contributed by atoms with Crippen molar-refractivity contribution in [1.82, 2.24) is 4.90 Å². The molecule has 0 radical (unpaired) electrons. The molecule has 0 spiro atoms. The van der Waals surface area contributed by atoms with E-state index in [1.165, 1.54) is 12.8 Å². The first-order chi connectivity index (χ1) is 8.52. The molecule has 108 valence electrons. The molecule has 0 N–H and O–H groups in total. The van der Waals surface area contributed by atoms with Gasteiger partial charge < -0.3 is 9.47 Å². The Balaban J connectivity index is 1.95. The maximum Gasteiger partial charge on any atom is 0.0594 e. The number of morpholine rings is 1. The number of hydrogen-bond donors (Lipinski definition) is 0. The minimum absolute atomic E-state index is 0.438. The van der Waals surface area contributed by atoms with Crippen LogP contribution in [0.1, 0.15) is 40.5 Å². The highest BCUT2D eigenvalue weighted by atomic mass is 16.5. The van der Waals surface area contributed by atoms with E-state index in [1.54, 1.807) is 0 Å². The van der Waals surface area contributed by atoms with Gasteiger partial charge in [0.1, 0.15) is 0 Å². The van der Waals surface area contributed by atoms with E-state index in [2.05, 4.69) is 32.6 Å². The van der Waals surface area contributed by atoms with Crippen LogP contribution in [0.5, 0.6) is 0 Å². The zero-order valence-electron chi connectivity index (χ0n) is 12.7. The van der Waals surface area contributed by atoms with E-state index >= 15 is 0 Å². The van der Waals surface area contributed by atoms with Crippen LogP contribution in [0.3, 0.4) is 0 Å². The first kappa shape index (κ1) is 15.9. The number of ether oxygens (including phenoxy) is 2. The topological polar surface area (TPSA) is 21.7 Å². The summed E-state index contributed by atoms with van der Waals surface area (Å²) in [4.78, 5) is 2.42. The van der Waals surface area contributed by atoms with Crippen molar-refractivity contribution in [3.05, 3.63) is 0 Å². The molecule has 1 fully saturated rings. The third-order valence-electron chi connectivity index (χ3n) is 4.33. The molecule has 1 saturated heterocycles. The average molecular weight is 257 g/mol. The van der Waals surface area contributed by atoms with Crippen LogP contribution in [0.2, 0.25) is 0 Å². The molecular weight excluding hydrogens is 226 g/mol. The molecule has 3 nitrogen and oxygen atoms in total. The quantitative estimate of drug-likeness (QED) is 0.624. The molecule has 1 heterocycles. The third-order valence-corrected chi connectivity index (χ3v) is 4.33. The minimum atomic E-state index is 0.438. The van der Waals surface area contributed by atoms with Gasteiger partial charge in [-0.25, -0.2) is 0 Å². The molecule has 18 heavy (non-hydrogen) atoms. The molecule has 0 saturated carbocycles. The normalized spacial score (nSPS) is 18.5. The lowest BCUT2D eigenvalue weighted by Crippen LogP contribution is -2.38. The van der Waals surface area contributed by atoms with Gasteiger partial charge in [0.15, 0.2) is 0 Å². The lowest BCUT2D eigenvalue weighted by molar-refractivity contribution is 0.0190. The Hall–Kier alpha value is -0.120. The van der Waals surface area contributed by atoms with Crippen LogP contribution in [0, 0.1) is 11.3 Å². The van der Waals surface area contributed by atoms with E-state index in [0.29, 0.717) is 5.41 Å². The van der Waals surface area contributed by atoms with Gasteiger partial charge in [0.05, 0.1) is 19.8 Å². The molecule has 0 bridgehead atoms. The monoisotopic (exact) mass is 257 g/mol. The van der Waals surface area contributed by atoms with Crippen LogP contribution in [-0.4, -0.2) is 51.0 Å². The molecule has 0 aromatic rings. The minimum Gasteiger partial charge on any atom is -0.380 e. The summed E-state index contributed by atoms with van der Waals surface area (Å²) < 4.78 is 11.1. The van der Waals surface area contributed by atoms with Gasteiger partial charge in [-0.05, 0) is 24.2 Å². The van der Waals surface area contributed by atoms with Gasteiger partial charge in [-0.1, -0.05) is 27.7 Å². The summed E-state index contributed by atoms with van der Waals surface area (Å²) >= 11 is 0. The summed E-state index contributed by atoms with van der Waals surface area (Å²) in [6, 6.07) is 0. The predicted octanol–water partition coefficient (Wildman–Crippen LogP) is 2.80. The SMILES string of the molecule is CC(C)C(C)(C)CCCOCCN1CCOCC1.